The minimum absolute atomic E-state index is 0.0991. The molecule has 28 heavy (non-hydrogen) atoms. The highest BCUT2D eigenvalue weighted by atomic mass is 19.1. The van der Waals surface area contributed by atoms with E-state index in [9.17, 15) is 13.6 Å². The standard InChI is InChI=1S/C20H21F2N5O/c1-5-6-15(22)18(24-4)20(2,3)25-17-10-9-16(26-27-17)13-11-12(19(23)28)7-8-14(13)21/h5-11H,4H2,1-3H3,(H2,23,28)(H,25,27)/b6-5-,18-15+. The molecule has 1 aromatic carbocycles. The average Bonchev–Trinajstić information content (AvgIpc) is 2.63. The molecule has 3 N–H and O–H groups in total. The number of aliphatic imine (C=N–C) groups is 1. The molecule has 0 radical (unpaired) electrons. The Kier molecular flexibility index (Phi) is 6.35. The third kappa shape index (κ3) is 4.64. The van der Waals surface area contributed by atoms with Crippen LogP contribution in [-0.2, 0) is 0 Å². The summed E-state index contributed by atoms with van der Waals surface area (Å²) in [5, 5.41) is 11.0. The number of halogens is 2. The van der Waals surface area contributed by atoms with E-state index in [-0.39, 0.29) is 22.5 Å². The summed E-state index contributed by atoms with van der Waals surface area (Å²) in [6.07, 6.45) is 2.84. The van der Waals surface area contributed by atoms with Gasteiger partial charge in [-0.15, -0.1) is 10.2 Å². The molecular weight excluding hydrogens is 364 g/mol. The monoisotopic (exact) mass is 385 g/mol. The van der Waals surface area contributed by atoms with E-state index < -0.39 is 23.1 Å². The number of allylic oxidation sites excluding steroid dienone is 3. The lowest BCUT2D eigenvalue weighted by Crippen LogP contribution is -2.33. The number of nitrogens with one attached hydrogen (secondary N) is 1. The lowest BCUT2D eigenvalue weighted by Gasteiger charge is -2.27. The zero-order chi connectivity index (χ0) is 20.9. The molecule has 0 saturated carbocycles. The Morgan fingerprint density at radius 1 is 1.29 bits per heavy atom. The summed E-state index contributed by atoms with van der Waals surface area (Å²) in [6, 6.07) is 6.84. The van der Waals surface area contributed by atoms with E-state index in [1.54, 1.807) is 32.9 Å². The number of hydrogen-bond acceptors (Lipinski definition) is 5. The van der Waals surface area contributed by atoms with Crippen LogP contribution in [0.15, 0.2) is 59.0 Å². The number of anilines is 1. The van der Waals surface area contributed by atoms with Crippen LogP contribution in [0, 0.1) is 5.82 Å². The third-order valence-electron chi connectivity index (χ3n) is 3.92. The molecule has 6 nitrogen and oxygen atoms in total. The van der Waals surface area contributed by atoms with Gasteiger partial charge in [-0.05, 0) is 63.9 Å². The minimum atomic E-state index is -0.932. The summed E-state index contributed by atoms with van der Waals surface area (Å²) in [5.74, 6) is -1.43. The van der Waals surface area contributed by atoms with Gasteiger partial charge >= 0.3 is 0 Å². The largest absolute Gasteiger partial charge is 0.366 e. The molecule has 0 bridgehead atoms. The van der Waals surface area contributed by atoms with Crippen LogP contribution >= 0.6 is 0 Å². The van der Waals surface area contributed by atoms with Crippen molar-refractivity contribution in [2.45, 2.75) is 26.3 Å². The number of nitrogens with two attached hydrogens (primary N) is 1. The van der Waals surface area contributed by atoms with Crippen molar-refractivity contribution >= 4 is 18.4 Å². The first-order chi connectivity index (χ1) is 13.2. The van der Waals surface area contributed by atoms with Gasteiger partial charge in [0, 0.05) is 11.1 Å². The van der Waals surface area contributed by atoms with Crippen molar-refractivity contribution in [1.82, 2.24) is 10.2 Å². The van der Waals surface area contributed by atoms with Crippen molar-refractivity contribution in [2.75, 3.05) is 5.32 Å². The second kappa shape index (κ2) is 8.51. The molecule has 1 amide bonds. The summed E-state index contributed by atoms with van der Waals surface area (Å²) in [7, 11) is 0. The highest BCUT2D eigenvalue weighted by Gasteiger charge is 2.26. The predicted octanol–water partition coefficient (Wildman–Crippen LogP) is 4.03. The fourth-order valence-corrected chi connectivity index (χ4v) is 2.59. The van der Waals surface area contributed by atoms with E-state index in [2.05, 4.69) is 27.2 Å². The highest BCUT2D eigenvalue weighted by Crippen LogP contribution is 2.27. The average molecular weight is 385 g/mol. The molecule has 1 heterocycles. The van der Waals surface area contributed by atoms with E-state index in [0.717, 1.165) is 6.07 Å². The smallest absolute Gasteiger partial charge is 0.248 e. The molecule has 2 aromatic rings. The quantitative estimate of drug-likeness (QED) is 0.556. The molecule has 0 atom stereocenters. The van der Waals surface area contributed by atoms with Gasteiger partial charge in [-0.1, -0.05) is 6.08 Å². The van der Waals surface area contributed by atoms with Crippen molar-refractivity contribution in [3.8, 4) is 11.3 Å². The van der Waals surface area contributed by atoms with Gasteiger partial charge in [-0.2, -0.15) is 0 Å². The van der Waals surface area contributed by atoms with Crippen LogP contribution in [0.2, 0.25) is 0 Å². The second-order valence-corrected chi connectivity index (χ2v) is 6.47. The topological polar surface area (TPSA) is 93.3 Å². The molecule has 8 heteroatoms. The van der Waals surface area contributed by atoms with E-state index in [4.69, 9.17) is 5.73 Å². The fraction of sp³-hybridized carbons (Fsp3) is 0.200. The lowest BCUT2D eigenvalue weighted by molar-refractivity contribution is 0.100. The van der Waals surface area contributed by atoms with Crippen molar-refractivity contribution < 1.29 is 13.6 Å². The predicted molar refractivity (Wildman–Crippen MR) is 106 cm³/mol. The Morgan fingerprint density at radius 3 is 2.54 bits per heavy atom. The minimum Gasteiger partial charge on any atom is -0.366 e. The molecule has 2 rings (SSSR count). The SMILES string of the molecule is C=N/C(=C(F)\C=C/C)C(C)(C)Nc1ccc(-c2cc(C(N)=O)ccc2F)nn1. The maximum atomic E-state index is 14.2. The number of nitrogens with zero attached hydrogens (tertiary/aromatic N) is 3. The number of rotatable bonds is 7. The van der Waals surface area contributed by atoms with E-state index >= 15 is 0 Å². The van der Waals surface area contributed by atoms with E-state index in [1.807, 2.05) is 0 Å². The Bertz CT molecular complexity index is 950. The zero-order valence-corrected chi connectivity index (χ0v) is 15.8. The number of aromatic nitrogens is 2. The van der Waals surface area contributed by atoms with Gasteiger partial charge in [-0.25, -0.2) is 8.78 Å². The van der Waals surface area contributed by atoms with Gasteiger partial charge in [0.1, 0.15) is 23.2 Å². The number of primary amides is 1. The van der Waals surface area contributed by atoms with Crippen LogP contribution in [-0.4, -0.2) is 28.4 Å². The molecule has 0 spiro atoms. The molecule has 1 aromatic heterocycles. The third-order valence-corrected chi connectivity index (χ3v) is 3.92. The van der Waals surface area contributed by atoms with Crippen LogP contribution in [0.3, 0.4) is 0 Å². The summed E-state index contributed by atoms with van der Waals surface area (Å²) < 4.78 is 28.3. The lowest BCUT2D eigenvalue weighted by atomic mass is 9.99. The van der Waals surface area contributed by atoms with E-state index in [1.165, 1.54) is 24.3 Å². The van der Waals surface area contributed by atoms with Crippen LogP contribution in [0.4, 0.5) is 14.6 Å². The first-order valence-corrected chi connectivity index (χ1v) is 8.41. The number of carbonyl (C=O) groups excluding carboxylic acids is 1. The Hall–Kier alpha value is -3.42. The summed E-state index contributed by atoms with van der Waals surface area (Å²) >= 11 is 0. The van der Waals surface area contributed by atoms with Gasteiger partial charge in [0.15, 0.2) is 0 Å². The normalized spacial score (nSPS) is 12.6. The maximum Gasteiger partial charge on any atom is 0.248 e. The van der Waals surface area contributed by atoms with Crippen molar-refractivity contribution in [3.05, 3.63) is 65.4 Å². The van der Waals surface area contributed by atoms with E-state index in [0.29, 0.717) is 5.82 Å². The molecule has 0 aliphatic carbocycles. The summed E-state index contributed by atoms with van der Waals surface area (Å²) in [5.41, 5.74) is 4.89. The first kappa shape index (κ1) is 20.9. The zero-order valence-electron chi connectivity index (χ0n) is 15.8. The Morgan fingerprint density at radius 2 is 2.00 bits per heavy atom. The molecule has 0 fully saturated rings. The van der Waals surface area contributed by atoms with Gasteiger partial charge in [0.05, 0.1) is 11.2 Å². The number of amides is 1. The maximum absolute atomic E-state index is 14.2. The van der Waals surface area contributed by atoms with Gasteiger partial charge in [0.2, 0.25) is 5.91 Å². The van der Waals surface area contributed by atoms with Crippen molar-refractivity contribution in [2.24, 2.45) is 10.7 Å². The Balaban J connectivity index is 2.33. The van der Waals surface area contributed by atoms with Gasteiger partial charge < -0.3 is 11.1 Å². The Labute approximate surface area is 161 Å². The second-order valence-electron chi connectivity index (χ2n) is 6.47. The van der Waals surface area contributed by atoms with Gasteiger partial charge in [0.25, 0.3) is 0 Å². The van der Waals surface area contributed by atoms with Crippen LogP contribution in [0.5, 0.6) is 0 Å². The number of carbonyl (C=O) groups is 1. The fourth-order valence-electron chi connectivity index (χ4n) is 2.59. The molecule has 0 unspecified atom stereocenters. The number of benzene rings is 1. The van der Waals surface area contributed by atoms with Crippen LogP contribution in [0.25, 0.3) is 11.3 Å². The van der Waals surface area contributed by atoms with Crippen LogP contribution < -0.4 is 11.1 Å². The van der Waals surface area contributed by atoms with Crippen molar-refractivity contribution in [1.29, 1.82) is 0 Å². The molecule has 146 valence electrons. The molecule has 0 saturated heterocycles. The number of hydrogen-bond donors (Lipinski definition) is 2. The summed E-state index contributed by atoms with van der Waals surface area (Å²) in [6.45, 7) is 8.54. The molecular formula is C20H21F2N5O. The first-order valence-electron chi connectivity index (χ1n) is 8.41. The molecule has 0 aliphatic rings. The van der Waals surface area contributed by atoms with Crippen LogP contribution in [0.1, 0.15) is 31.1 Å². The molecule has 0 aliphatic heterocycles. The van der Waals surface area contributed by atoms with Crippen molar-refractivity contribution in [3.63, 3.8) is 0 Å². The highest BCUT2D eigenvalue weighted by molar-refractivity contribution is 5.94. The summed E-state index contributed by atoms with van der Waals surface area (Å²) in [4.78, 5) is 15.1. The van der Waals surface area contributed by atoms with Gasteiger partial charge in [-0.3, -0.25) is 9.79 Å².